The van der Waals surface area contributed by atoms with Gasteiger partial charge in [-0.3, -0.25) is 9.47 Å². The first-order valence-electron chi connectivity index (χ1n) is 9.27. The number of thiazole rings is 1. The lowest BCUT2D eigenvalue weighted by atomic mass is 10.2. The Labute approximate surface area is 173 Å². The third-order valence-corrected chi connectivity index (χ3v) is 6.62. The molecule has 7 heteroatoms. The third-order valence-electron chi connectivity index (χ3n) is 4.98. The van der Waals surface area contributed by atoms with Gasteiger partial charge in [-0.1, -0.05) is 42.5 Å². The van der Waals surface area contributed by atoms with Gasteiger partial charge >= 0.3 is 0 Å². The van der Waals surface area contributed by atoms with Gasteiger partial charge in [-0.2, -0.15) is 5.10 Å². The lowest BCUT2D eigenvalue weighted by Crippen LogP contribution is -2.26. The lowest BCUT2D eigenvalue weighted by Gasteiger charge is -2.22. The minimum atomic E-state index is 0.180. The summed E-state index contributed by atoms with van der Waals surface area (Å²) in [7, 11) is 2.09. The molecule has 1 atom stereocenters. The third kappa shape index (κ3) is 3.78. The molecule has 0 saturated carbocycles. The molecule has 2 aromatic heterocycles. The minimum absolute atomic E-state index is 0.180. The number of rotatable bonds is 6. The molecular weight excluding hydrogens is 386 g/mol. The molecule has 0 aliphatic rings. The van der Waals surface area contributed by atoms with Crippen LogP contribution < -0.4 is 0 Å². The molecule has 0 aliphatic carbocycles. The number of para-hydroxylation sites is 1. The number of aryl methyl sites for hydroxylation is 1. The first-order valence-corrected chi connectivity index (χ1v) is 10.5. The van der Waals surface area contributed by atoms with Crippen LogP contribution in [-0.2, 0) is 13.2 Å². The zero-order chi connectivity index (χ0) is 19.7. The highest BCUT2D eigenvalue weighted by atomic mass is 32.1. The molecule has 2 aromatic carbocycles. The van der Waals surface area contributed by atoms with E-state index in [-0.39, 0.29) is 6.04 Å². The fourth-order valence-corrected chi connectivity index (χ4v) is 4.56. The molecule has 144 valence electrons. The summed E-state index contributed by atoms with van der Waals surface area (Å²) in [4.78, 5) is 7.02. The number of hydrogen-bond acceptors (Lipinski definition) is 5. The molecule has 4 aromatic rings. The van der Waals surface area contributed by atoms with Crippen LogP contribution in [0.4, 0.5) is 0 Å². The van der Waals surface area contributed by atoms with Gasteiger partial charge < -0.3 is 0 Å². The van der Waals surface area contributed by atoms with Gasteiger partial charge in [0.1, 0.15) is 10.8 Å². The minimum Gasteiger partial charge on any atom is -0.300 e. The molecule has 0 bridgehead atoms. The number of aromatic nitrogens is 4. The van der Waals surface area contributed by atoms with Crippen molar-refractivity contribution < 1.29 is 0 Å². The first kappa shape index (κ1) is 19.0. The van der Waals surface area contributed by atoms with Gasteiger partial charge in [0.05, 0.1) is 29.5 Å². The first-order chi connectivity index (χ1) is 13.5. The zero-order valence-corrected chi connectivity index (χ0v) is 17.9. The fraction of sp³-hybridized carbons (Fsp3) is 0.286. The van der Waals surface area contributed by atoms with E-state index in [0.29, 0.717) is 6.67 Å². The van der Waals surface area contributed by atoms with Gasteiger partial charge in [0.25, 0.3) is 0 Å². The molecule has 0 saturated heterocycles. The summed E-state index contributed by atoms with van der Waals surface area (Å²) in [5.41, 5.74) is 2.28. The molecule has 0 amide bonds. The van der Waals surface area contributed by atoms with Crippen molar-refractivity contribution >= 4 is 33.8 Å². The summed E-state index contributed by atoms with van der Waals surface area (Å²) in [5, 5.41) is 5.79. The van der Waals surface area contributed by atoms with Crippen LogP contribution in [0.3, 0.4) is 0 Å². The van der Waals surface area contributed by atoms with Crippen molar-refractivity contribution in [3.8, 4) is 0 Å². The van der Waals surface area contributed by atoms with Crippen molar-refractivity contribution in [1.82, 2.24) is 24.2 Å². The van der Waals surface area contributed by atoms with Crippen molar-refractivity contribution in [1.29, 1.82) is 0 Å². The lowest BCUT2D eigenvalue weighted by molar-refractivity contribution is 0.194. The van der Waals surface area contributed by atoms with Crippen molar-refractivity contribution in [2.45, 2.75) is 33.1 Å². The molecular formula is C21H23N5S2. The Morgan fingerprint density at radius 3 is 2.57 bits per heavy atom. The van der Waals surface area contributed by atoms with E-state index in [1.54, 1.807) is 11.3 Å². The average Bonchev–Trinajstić information content (AvgIpc) is 3.25. The van der Waals surface area contributed by atoms with E-state index in [0.717, 1.165) is 27.7 Å². The molecule has 28 heavy (non-hydrogen) atoms. The predicted molar refractivity (Wildman–Crippen MR) is 117 cm³/mol. The zero-order valence-electron chi connectivity index (χ0n) is 16.2. The second-order valence-corrected chi connectivity index (χ2v) is 8.42. The maximum Gasteiger partial charge on any atom is 0.199 e. The van der Waals surface area contributed by atoms with E-state index >= 15 is 0 Å². The highest BCUT2D eigenvalue weighted by Crippen LogP contribution is 2.29. The van der Waals surface area contributed by atoms with Crippen LogP contribution in [-0.4, -0.2) is 31.3 Å². The Morgan fingerprint density at radius 2 is 1.82 bits per heavy atom. The monoisotopic (exact) mass is 409 g/mol. The fourth-order valence-electron chi connectivity index (χ4n) is 3.18. The van der Waals surface area contributed by atoms with Crippen LogP contribution in [0.15, 0.2) is 54.6 Å². The van der Waals surface area contributed by atoms with Crippen molar-refractivity contribution in [3.63, 3.8) is 0 Å². The number of fused-ring (bicyclic) bond motifs is 1. The highest BCUT2D eigenvalue weighted by Gasteiger charge is 2.18. The summed E-state index contributed by atoms with van der Waals surface area (Å²) in [6.45, 7) is 5.54. The van der Waals surface area contributed by atoms with E-state index in [4.69, 9.17) is 17.2 Å². The Kier molecular flexibility index (Phi) is 5.39. The Balaban J connectivity index is 1.53. The van der Waals surface area contributed by atoms with Crippen LogP contribution in [0, 0.1) is 11.7 Å². The Morgan fingerprint density at radius 1 is 1.11 bits per heavy atom. The molecule has 0 spiro atoms. The van der Waals surface area contributed by atoms with E-state index in [1.807, 2.05) is 35.9 Å². The predicted octanol–water partition coefficient (Wildman–Crippen LogP) is 5.03. The number of hydrogen-bond donors (Lipinski definition) is 0. The molecule has 4 rings (SSSR count). The molecule has 0 aliphatic heterocycles. The number of nitrogens with zero attached hydrogens (tertiary/aromatic N) is 5. The smallest absolute Gasteiger partial charge is 0.199 e. The van der Waals surface area contributed by atoms with Gasteiger partial charge in [0, 0.05) is 0 Å². The largest absolute Gasteiger partial charge is 0.300 e. The van der Waals surface area contributed by atoms with Crippen LogP contribution in [0.5, 0.6) is 0 Å². The summed E-state index contributed by atoms with van der Waals surface area (Å²) >= 11 is 7.45. The second kappa shape index (κ2) is 7.95. The van der Waals surface area contributed by atoms with Gasteiger partial charge in [-0.25, -0.2) is 9.67 Å². The maximum absolute atomic E-state index is 5.71. The van der Waals surface area contributed by atoms with Crippen molar-refractivity contribution in [2.24, 2.45) is 0 Å². The highest BCUT2D eigenvalue weighted by molar-refractivity contribution is 7.71. The van der Waals surface area contributed by atoms with E-state index in [9.17, 15) is 0 Å². The second-order valence-electron chi connectivity index (χ2n) is 7.00. The molecule has 0 radical (unpaired) electrons. The topological polar surface area (TPSA) is 38.9 Å². The van der Waals surface area contributed by atoms with Crippen LogP contribution in [0.2, 0.25) is 0 Å². The molecule has 5 nitrogen and oxygen atoms in total. The van der Waals surface area contributed by atoms with Gasteiger partial charge in [0.15, 0.2) is 4.77 Å². The van der Waals surface area contributed by atoms with Crippen molar-refractivity contribution in [2.75, 3.05) is 7.05 Å². The van der Waals surface area contributed by atoms with Crippen LogP contribution in [0.25, 0.3) is 10.2 Å². The van der Waals surface area contributed by atoms with E-state index < -0.39 is 0 Å². The van der Waals surface area contributed by atoms with Gasteiger partial charge in [-0.15, -0.1) is 11.3 Å². The number of benzene rings is 2. The maximum atomic E-state index is 5.71. The summed E-state index contributed by atoms with van der Waals surface area (Å²) in [6.07, 6.45) is 0. The van der Waals surface area contributed by atoms with E-state index in [2.05, 4.69) is 58.9 Å². The molecule has 0 N–H and O–H groups in total. The molecule has 0 unspecified atom stereocenters. The molecule has 2 heterocycles. The van der Waals surface area contributed by atoms with E-state index in [1.165, 1.54) is 10.3 Å². The normalized spacial score (nSPS) is 12.7. The summed E-state index contributed by atoms with van der Waals surface area (Å²) in [6, 6.07) is 18.8. The Bertz CT molecular complexity index is 1110. The summed E-state index contributed by atoms with van der Waals surface area (Å²) < 4.78 is 5.94. The van der Waals surface area contributed by atoms with Gasteiger partial charge in [-0.05, 0) is 50.8 Å². The molecule has 0 fully saturated rings. The van der Waals surface area contributed by atoms with Crippen molar-refractivity contribution in [3.05, 3.63) is 75.8 Å². The quantitative estimate of drug-likeness (QED) is 0.419. The summed E-state index contributed by atoms with van der Waals surface area (Å²) in [5.74, 6) is 0.926. The SMILES string of the molecule is Cc1nn(CN(C)[C@@H](C)c2nc3ccccc3s2)c(=S)n1Cc1ccccc1. The van der Waals surface area contributed by atoms with Gasteiger partial charge in [0.2, 0.25) is 0 Å². The standard InChI is InChI=1S/C21H23N5S2/c1-15(20-22-18-11-7-8-12-19(18)28-20)24(3)14-26-21(27)25(16(2)23-26)13-17-9-5-4-6-10-17/h4-12,15H,13-14H2,1-3H3/t15-/m0/s1. The van der Waals surface area contributed by atoms with Crippen LogP contribution in [0.1, 0.15) is 29.4 Å². The Hall–Kier alpha value is -2.35. The van der Waals surface area contributed by atoms with Crippen LogP contribution >= 0.6 is 23.6 Å². The average molecular weight is 410 g/mol.